The lowest BCUT2D eigenvalue weighted by atomic mass is 10.1. The zero-order valence-electron chi connectivity index (χ0n) is 7.49. The van der Waals surface area contributed by atoms with Crippen molar-refractivity contribution in [1.29, 1.82) is 0 Å². The van der Waals surface area contributed by atoms with E-state index in [0.717, 1.165) is 10.4 Å². The lowest BCUT2D eigenvalue weighted by Gasteiger charge is -1.97. The van der Waals surface area contributed by atoms with E-state index in [1.54, 1.807) is 0 Å². The Hall–Kier alpha value is -0.870. The Balaban J connectivity index is 2.49. The molecule has 2 nitrogen and oxygen atoms in total. The van der Waals surface area contributed by atoms with Gasteiger partial charge in [0.2, 0.25) is 5.88 Å². The highest BCUT2D eigenvalue weighted by Gasteiger charge is 2.09. The van der Waals surface area contributed by atoms with Gasteiger partial charge in [-0.3, -0.25) is 0 Å². The van der Waals surface area contributed by atoms with E-state index in [1.807, 2.05) is 31.2 Å². The van der Waals surface area contributed by atoms with Gasteiger partial charge in [0.05, 0.1) is 4.88 Å². The van der Waals surface area contributed by atoms with Gasteiger partial charge in [0.1, 0.15) is 0 Å². The Kier molecular flexibility index (Phi) is 2.56. The minimum atomic E-state index is 0.0886. The molecule has 0 amide bonds. The number of aryl methyl sites for hydroxylation is 1. The predicted molar refractivity (Wildman–Crippen MR) is 61.7 cm³/mol. The van der Waals surface area contributed by atoms with Gasteiger partial charge in [0, 0.05) is 0 Å². The van der Waals surface area contributed by atoms with E-state index in [0.29, 0.717) is 3.92 Å². The average molecular weight is 270 g/mol. The zero-order valence-corrected chi connectivity index (χ0v) is 9.89. The Morgan fingerprint density at radius 2 is 1.93 bits per heavy atom. The number of nitrogens with zero attached hydrogens (tertiary/aromatic N) is 1. The Morgan fingerprint density at radius 1 is 1.29 bits per heavy atom. The molecule has 1 N–H and O–H groups in total. The third-order valence-corrected chi connectivity index (χ3v) is 3.44. The molecule has 0 saturated heterocycles. The molecule has 14 heavy (non-hydrogen) atoms. The SMILES string of the molecule is Cc1ccc(-c2sc(Br)nc2O)cc1. The summed E-state index contributed by atoms with van der Waals surface area (Å²) in [6.45, 7) is 2.03. The molecule has 0 aliphatic heterocycles. The summed E-state index contributed by atoms with van der Waals surface area (Å²) in [5.74, 6) is 0.0886. The fourth-order valence-electron chi connectivity index (χ4n) is 1.18. The first-order valence-corrected chi connectivity index (χ1v) is 5.70. The molecule has 1 aromatic heterocycles. The van der Waals surface area contributed by atoms with Crippen LogP contribution in [0.25, 0.3) is 10.4 Å². The van der Waals surface area contributed by atoms with Gasteiger partial charge in [-0.25, -0.2) is 0 Å². The van der Waals surface area contributed by atoms with Crippen LogP contribution in [-0.4, -0.2) is 10.1 Å². The fourth-order valence-corrected chi connectivity index (χ4v) is 2.52. The van der Waals surface area contributed by atoms with E-state index >= 15 is 0 Å². The van der Waals surface area contributed by atoms with Crippen LogP contribution in [0.3, 0.4) is 0 Å². The van der Waals surface area contributed by atoms with Crippen LogP contribution in [0.1, 0.15) is 5.56 Å². The third kappa shape index (κ3) is 1.81. The molecule has 0 bridgehead atoms. The molecule has 2 aromatic rings. The van der Waals surface area contributed by atoms with Crippen molar-refractivity contribution in [3.05, 3.63) is 33.7 Å². The second-order valence-electron chi connectivity index (χ2n) is 2.99. The molecule has 0 fully saturated rings. The van der Waals surface area contributed by atoms with Crippen molar-refractivity contribution in [3.8, 4) is 16.3 Å². The Labute approximate surface area is 94.4 Å². The van der Waals surface area contributed by atoms with Crippen LogP contribution < -0.4 is 0 Å². The number of rotatable bonds is 1. The maximum absolute atomic E-state index is 9.52. The molecule has 72 valence electrons. The van der Waals surface area contributed by atoms with Gasteiger partial charge < -0.3 is 5.11 Å². The van der Waals surface area contributed by atoms with Crippen LogP contribution in [0.4, 0.5) is 0 Å². The van der Waals surface area contributed by atoms with Crippen molar-refractivity contribution in [1.82, 2.24) is 4.98 Å². The monoisotopic (exact) mass is 269 g/mol. The van der Waals surface area contributed by atoms with Crippen LogP contribution in [0.5, 0.6) is 5.88 Å². The van der Waals surface area contributed by atoms with Crippen molar-refractivity contribution in [2.75, 3.05) is 0 Å². The molecule has 0 atom stereocenters. The Morgan fingerprint density at radius 3 is 2.43 bits per heavy atom. The highest BCUT2D eigenvalue weighted by atomic mass is 79.9. The summed E-state index contributed by atoms with van der Waals surface area (Å²) in [6, 6.07) is 7.99. The number of hydrogen-bond acceptors (Lipinski definition) is 3. The number of benzene rings is 1. The summed E-state index contributed by atoms with van der Waals surface area (Å²) in [4.78, 5) is 4.70. The van der Waals surface area contributed by atoms with Crippen LogP contribution in [0.15, 0.2) is 28.2 Å². The minimum Gasteiger partial charge on any atom is -0.492 e. The van der Waals surface area contributed by atoms with Gasteiger partial charge in [-0.2, -0.15) is 4.98 Å². The summed E-state index contributed by atoms with van der Waals surface area (Å²) in [5, 5.41) is 9.52. The van der Waals surface area contributed by atoms with Gasteiger partial charge in [-0.1, -0.05) is 29.8 Å². The molecule has 0 aliphatic rings. The van der Waals surface area contributed by atoms with Gasteiger partial charge in [-0.05, 0) is 28.4 Å². The summed E-state index contributed by atoms with van der Waals surface area (Å²) in [7, 11) is 0. The first kappa shape index (κ1) is 9.68. The molecule has 0 saturated carbocycles. The maximum Gasteiger partial charge on any atom is 0.231 e. The van der Waals surface area contributed by atoms with Crippen LogP contribution >= 0.6 is 27.3 Å². The molecule has 0 unspecified atom stereocenters. The summed E-state index contributed by atoms with van der Waals surface area (Å²) in [6.07, 6.45) is 0. The van der Waals surface area contributed by atoms with E-state index in [1.165, 1.54) is 16.9 Å². The molecule has 1 heterocycles. The van der Waals surface area contributed by atoms with Crippen molar-refractivity contribution in [3.63, 3.8) is 0 Å². The van der Waals surface area contributed by atoms with Crippen molar-refractivity contribution in [2.45, 2.75) is 6.92 Å². The van der Waals surface area contributed by atoms with Gasteiger partial charge in [-0.15, -0.1) is 11.3 Å². The van der Waals surface area contributed by atoms with Crippen molar-refractivity contribution >= 4 is 27.3 Å². The highest BCUT2D eigenvalue weighted by Crippen LogP contribution is 2.36. The van der Waals surface area contributed by atoms with Crippen LogP contribution in [-0.2, 0) is 0 Å². The molecule has 0 spiro atoms. The first-order valence-electron chi connectivity index (χ1n) is 4.09. The summed E-state index contributed by atoms with van der Waals surface area (Å²) < 4.78 is 0.700. The van der Waals surface area contributed by atoms with E-state index in [2.05, 4.69) is 20.9 Å². The molecule has 0 radical (unpaired) electrons. The van der Waals surface area contributed by atoms with Crippen LogP contribution in [0, 0.1) is 6.92 Å². The van der Waals surface area contributed by atoms with Gasteiger partial charge in [0.15, 0.2) is 3.92 Å². The standard InChI is InChI=1S/C10H8BrNOS/c1-6-2-4-7(5-3-6)8-9(13)12-10(11)14-8/h2-5,13H,1H3. The summed E-state index contributed by atoms with van der Waals surface area (Å²) in [5.41, 5.74) is 2.20. The number of aromatic nitrogens is 1. The van der Waals surface area contributed by atoms with Gasteiger partial charge >= 0.3 is 0 Å². The number of aromatic hydroxyl groups is 1. The number of halogens is 1. The zero-order chi connectivity index (χ0) is 10.1. The number of thiazole rings is 1. The second-order valence-corrected chi connectivity index (χ2v) is 5.26. The lowest BCUT2D eigenvalue weighted by molar-refractivity contribution is 0.458. The quantitative estimate of drug-likeness (QED) is 0.859. The molecular weight excluding hydrogens is 262 g/mol. The van der Waals surface area contributed by atoms with Crippen molar-refractivity contribution < 1.29 is 5.11 Å². The molecular formula is C10H8BrNOS. The molecule has 0 aliphatic carbocycles. The number of hydrogen-bond donors (Lipinski definition) is 1. The lowest BCUT2D eigenvalue weighted by Crippen LogP contribution is -1.74. The maximum atomic E-state index is 9.52. The highest BCUT2D eigenvalue weighted by molar-refractivity contribution is 9.11. The molecule has 4 heteroatoms. The Bertz CT molecular complexity index is 450. The summed E-state index contributed by atoms with van der Waals surface area (Å²) >= 11 is 4.67. The minimum absolute atomic E-state index is 0.0886. The first-order chi connectivity index (χ1) is 6.66. The van der Waals surface area contributed by atoms with E-state index < -0.39 is 0 Å². The molecule has 1 aromatic carbocycles. The normalized spacial score (nSPS) is 10.4. The average Bonchev–Trinajstić information content (AvgIpc) is 2.47. The van der Waals surface area contributed by atoms with Gasteiger partial charge in [0.25, 0.3) is 0 Å². The van der Waals surface area contributed by atoms with E-state index in [4.69, 9.17) is 0 Å². The second kappa shape index (κ2) is 3.71. The van der Waals surface area contributed by atoms with E-state index in [9.17, 15) is 5.11 Å². The topological polar surface area (TPSA) is 33.1 Å². The third-order valence-electron chi connectivity index (χ3n) is 1.90. The fraction of sp³-hybridized carbons (Fsp3) is 0.100. The van der Waals surface area contributed by atoms with Crippen molar-refractivity contribution in [2.24, 2.45) is 0 Å². The molecule has 2 rings (SSSR count). The predicted octanol–water partition coefficient (Wildman–Crippen LogP) is 3.59. The van der Waals surface area contributed by atoms with E-state index in [-0.39, 0.29) is 5.88 Å². The smallest absolute Gasteiger partial charge is 0.231 e. The largest absolute Gasteiger partial charge is 0.492 e. The van der Waals surface area contributed by atoms with Crippen LogP contribution in [0.2, 0.25) is 0 Å².